The lowest BCUT2D eigenvalue weighted by atomic mass is 10.2. The summed E-state index contributed by atoms with van der Waals surface area (Å²) < 4.78 is 26.8. The van der Waals surface area contributed by atoms with E-state index < -0.39 is 21.8 Å². The summed E-state index contributed by atoms with van der Waals surface area (Å²) in [5, 5.41) is 3.82. The van der Waals surface area contributed by atoms with Gasteiger partial charge in [0.25, 0.3) is 0 Å². The molecule has 0 fully saturated rings. The highest BCUT2D eigenvalue weighted by Gasteiger charge is 2.25. The summed E-state index contributed by atoms with van der Waals surface area (Å²) in [5.41, 5.74) is 5.91. The van der Waals surface area contributed by atoms with Gasteiger partial charge in [-0.05, 0) is 36.4 Å². The molecule has 0 unspecified atom stereocenters. The molecule has 0 spiro atoms. The van der Waals surface area contributed by atoms with Crippen LogP contribution in [-0.4, -0.2) is 43.1 Å². The van der Waals surface area contributed by atoms with Crippen LogP contribution in [0.5, 0.6) is 0 Å². The number of primary amides is 1. The quantitative estimate of drug-likeness (QED) is 0.653. The van der Waals surface area contributed by atoms with Crippen LogP contribution in [0.2, 0.25) is 0 Å². The number of amides is 2. The van der Waals surface area contributed by atoms with Gasteiger partial charge < -0.3 is 11.1 Å². The highest BCUT2D eigenvalue weighted by molar-refractivity contribution is 7.89. The predicted octanol–water partition coefficient (Wildman–Crippen LogP) is 1.59. The standard InChI is InChI=1S/C19H18N4O4S/c1-23(12-18(24)22-15-7-5-13(6-8-15)19(20)25)28(26,27)17-4-2-3-14-11-21-10-9-16(14)17/h2-11H,12H2,1H3,(H2,20,25)(H,22,24). The molecule has 0 aliphatic heterocycles. The van der Waals surface area contributed by atoms with Crippen molar-refractivity contribution in [1.29, 1.82) is 0 Å². The van der Waals surface area contributed by atoms with E-state index in [0.29, 0.717) is 22.0 Å². The third-order valence-electron chi connectivity index (χ3n) is 4.15. The minimum Gasteiger partial charge on any atom is -0.366 e. The number of nitrogens with two attached hydrogens (primary N) is 1. The number of hydrogen-bond acceptors (Lipinski definition) is 5. The molecule has 144 valence electrons. The topological polar surface area (TPSA) is 122 Å². The van der Waals surface area contributed by atoms with Gasteiger partial charge in [0, 0.05) is 41.5 Å². The van der Waals surface area contributed by atoms with Gasteiger partial charge in [-0.25, -0.2) is 8.42 Å². The number of likely N-dealkylation sites (N-methyl/N-ethyl adjacent to an activating group) is 1. The lowest BCUT2D eigenvalue weighted by Gasteiger charge is -2.18. The summed E-state index contributed by atoms with van der Waals surface area (Å²) in [6, 6.07) is 12.5. The minimum atomic E-state index is -3.89. The van der Waals surface area contributed by atoms with E-state index in [1.165, 1.54) is 43.6 Å². The highest BCUT2D eigenvalue weighted by atomic mass is 32.2. The Labute approximate surface area is 162 Å². The van der Waals surface area contributed by atoms with Gasteiger partial charge in [-0.2, -0.15) is 4.31 Å². The molecule has 3 N–H and O–H groups in total. The molecule has 0 saturated heterocycles. The summed E-state index contributed by atoms with van der Waals surface area (Å²) in [7, 11) is -2.55. The number of carbonyl (C=O) groups excluding carboxylic acids is 2. The summed E-state index contributed by atoms with van der Waals surface area (Å²) in [6.07, 6.45) is 3.10. The van der Waals surface area contributed by atoms with Gasteiger partial charge >= 0.3 is 0 Å². The van der Waals surface area contributed by atoms with Crippen LogP contribution in [0.1, 0.15) is 10.4 Å². The number of rotatable bonds is 6. The van der Waals surface area contributed by atoms with E-state index in [9.17, 15) is 18.0 Å². The lowest BCUT2D eigenvalue weighted by Crippen LogP contribution is -2.35. The van der Waals surface area contributed by atoms with Crippen molar-refractivity contribution in [3.05, 3.63) is 66.5 Å². The molecular formula is C19H18N4O4S. The zero-order valence-corrected chi connectivity index (χ0v) is 15.8. The van der Waals surface area contributed by atoms with Crippen LogP contribution in [-0.2, 0) is 14.8 Å². The van der Waals surface area contributed by atoms with E-state index in [2.05, 4.69) is 10.3 Å². The molecule has 0 aliphatic carbocycles. The van der Waals surface area contributed by atoms with Crippen molar-refractivity contribution < 1.29 is 18.0 Å². The van der Waals surface area contributed by atoms with Crippen molar-refractivity contribution in [3.63, 3.8) is 0 Å². The number of nitrogens with one attached hydrogen (secondary N) is 1. The molecule has 1 heterocycles. The molecule has 1 aromatic heterocycles. The van der Waals surface area contributed by atoms with E-state index in [1.54, 1.807) is 24.4 Å². The maximum atomic E-state index is 12.9. The minimum absolute atomic E-state index is 0.105. The lowest BCUT2D eigenvalue weighted by molar-refractivity contribution is -0.116. The summed E-state index contributed by atoms with van der Waals surface area (Å²) >= 11 is 0. The molecule has 0 radical (unpaired) electrons. The first-order valence-corrected chi connectivity index (χ1v) is 9.72. The summed E-state index contributed by atoms with van der Waals surface area (Å²) in [5.74, 6) is -1.09. The van der Waals surface area contributed by atoms with Crippen LogP contribution >= 0.6 is 0 Å². The van der Waals surface area contributed by atoms with Gasteiger partial charge in [-0.1, -0.05) is 12.1 Å². The number of hydrogen-bond donors (Lipinski definition) is 2. The molecule has 2 amide bonds. The second-order valence-electron chi connectivity index (χ2n) is 6.10. The van der Waals surface area contributed by atoms with Crippen molar-refractivity contribution >= 4 is 38.3 Å². The van der Waals surface area contributed by atoms with Crippen LogP contribution in [0.15, 0.2) is 65.8 Å². The van der Waals surface area contributed by atoms with Crippen LogP contribution in [0.25, 0.3) is 10.8 Å². The number of fused-ring (bicyclic) bond motifs is 1. The maximum Gasteiger partial charge on any atom is 0.248 e. The van der Waals surface area contributed by atoms with E-state index in [1.807, 2.05) is 0 Å². The molecule has 0 atom stereocenters. The largest absolute Gasteiger partial charge is 0.366 e. The maximum absolute atomic E-state index is 12.9. The third kappa shape index (κ3) is 4.00. The van der Waals surface area contributed by atoms with Crippen LogP contribution in [0.3, 0.4) is 0 Å². The molecule has 3 aromatic rings. The Balaban J connectivity index is 1.76. The van der Waals surface area contributed by atoms with E-state index in [-0.39, 0.29) is 11.4 Å². The van der Waals surface area contributed by atoms with Crippen molar-refractivity contribution in [2.24, 2.45) is 5.73 Å². The SMILES string of the molecule is CN(CC(=O)Nc1ccc(C(N)=O)cc1)S(=O)(=O)c1cccc2cnccc12. The number of sulfonamides is 1. The van der Waals surface area contributed by atoms with Gasteiger partial charge in [0.15, 0.2) is 0 Å². The Morgan fingerprint density at radius 3 is 2.50 bits per heavy atom. The number of pyridine rings is 1. The molecule has 28 heavy (non-hydrogen) atoms. The fourth-order valence-corrected chi connectivity index (χ4v) is 4.03. The normalized spacial score (nSPS) is 11.5. The molecule has 2 aromatic carbocycles. The van der Waals surface area contributed by atoms with Gasteiger partial charge in [-0.3, -0.25) is 14.6 Å². The zero-order valence-electron chi connectivity index (χ0n) is 15.0. The van der Waals surface area contributed by atoms with Crippen LogP contribution in [0, 0.1) is 0 Å². The van der Waals surface area contributed by atoms with Crippen molar-refractivity contribution in [2.45, 2.75) is 4.90 Å². The second kappa shape index (κ2) is 7.75. The second-order valence-corrected chi connectivity index (χ2v) is 8.12. The smallest absolute Gasteiger partial charge is 0.248 e. The monoisotopic (exact) mass is 398 g/mol. The van der Waals surface area contributed by atoms with Gasteiger partial charge in [0.1, 0.15) is 0 Å². The number of aromatic nitrogens is 1. The van der Waals surface area contributed by atoms with E-state index in [0.717, 1.165) is 4.31 Å². The Morgan fingerprint density at radius 1 is 1.11 bits per heavy atom. The van der Waals surface area contributed by atoms with Crippen LogP contribution in [0.4, 0.5) is 5.69 Å². The number of nitrogens with zero attached hydrogens (tertiary/aromatic N) is 2. The van der Waals surface area contributed by atoms with Crippen LogP contribution < -0.4 is 11.1 Å². The summed E-state index contributed by atoms with van der Waals surface area (Å²) in [6.45, 7) is -0.374. The van der Waals surface area contributed by atoms with E-state index >= 15 is 0 Å². The fourth-order valence-electron chi connectivity index (χ4n) is 2.69. The van der Waals surface area contributed by atoms with Gasteiger partial charge in [0.05, 0.1) is 11.4 Å². The first kappa shape index (κ1) is 19.5. The van der Waals surface area contributed by atoms with Gasteiger partial charge in [0.2, 0.25) is 21.8 Å². The Bertz CT molecular complexity index is 1140. The fraction of sp³-hybridized carbons (Fsp3) is 0.105. The third-order valence-corrected chi connectivity index (χ3v) is 6.01. The van der Waals surface area contributed by atoms with Gasteiger partial charge in [-0.15, -0.1) is 0 Å². The zero-order chi connectivity index (χ0) is 20.3. The van der Waals surface area contributed by atoms with Crippen molar-refractivity contribution in [3.8, 4) is 0 Å². The Morgan fingerprint density at radius 2 is 1.82 bits per heavy atom. The first-order valence-electron chi connectivity index (χ1n) is 8.28. The Kier molecular flexibility index (Phi) is 5.39. The number of benzene rings is 2. The molecule has 9 heteroatoms. The Hall–Kier alpha value is -3.30. The average molecular weight is 398 g/mol. The predicted molar refractivity (Wildman–Crippen MR) is 105 cm³/mol. The molecule has 3 rings (SSSR count). The summed E-state index contributed by atoms with van der Waals surface area (Å²) in [4.78, 5) is 27.4. The highest BCUT2D eigenvalue weighted by Crippen LogP contribution is 2.24. The van der Waals surface area contributed by atoms with Crippen molar-refractivity contribution in [2.75, 3.05) is 18.9 Å². The molecule has 8 nitrogen and oxygen atoms in total. The molecule has 0 aliphatic rings. The van der Waals surface area contributed by atoms with E-state index in [4.69, 9.17) is 5.73 Å². The first-order chi connectivity index (χ1) is 13.3. The number of anilines is 1. The molecular weight excluding hydrogens is 380 g/mol. The average Bonchev–Trinajstić information content (AvgIpc) is 2.67. The van der Waals surface area contributed by atoms with Crippen molar-refractivity contribution in [1.82, 2.24) is 9.29 Å². The molecule has 0 saturated carbocycles. The molecule has 0 bridgehead atoms. The number of carbonyl (C=O) groups is 2.